The first-order valence-corrected chi connectivity index (χ1v) is 7.07. The van der Waals surface area contributed by atoms with Crippen molar-refractivity contribution in [2.24, 2.45) is 5.92 Å². The molecule has 1 fully saturated rings. The molecule has 1 N–H and O–H groups in total. The van der Waals surface area contributed by atoms with E-state index < -0.39 is 0 Å². The Morgan fingerprint density at radius 1 is 1.17 bits per heavy atom. The summed E-state index contributed by atoms with van der Waals surface area (Å²) in [5.41, 5.74) is 5.60. The van der Waals surface area contributed by atoms with Gasteiger partial charge in [0.2, 0.25) is 0 Å². The van der Waals surface area contributed by atoms with Crippen LogP contribution in [0.2, 0.25) is 0 Å². The molecule has 0 radical (unpaired) electrons. The van der Waals surface area contributed by atoms with E-state index in [1.54, 1.807) is 0 Å². The Morgan fingerprint density at radius 3 is 2.06 bits per heavy atom. The molecular weight excluding hydrogens is 220 g/mol. The van der Waals surface area contributed by atoms with Gasteiger partial charge in [-0.1, -0.05) is 32.9 Å². The molecule has 0 aromatic heterocycles. The number of rotatable bonds is 3. The molecule has 1 aromatic carbocycles. The number of hydrogen-bond donors (Lipinski definition) is 1. The summed E-state index contributed by atoms with van der Waals surface area (Å²) >= 11 is 0. The van der Waals surface area contributed by atoms with Gasteiger partial charge in [0.1, 0.15) is 0 Å². The normalized spacial score (nSPS) is 17.9. The summed E-state index contributed by atoms with van der Waals surface area (Å²) in [5, 5.41) is 10.1. The van der Waals surface area contributed by atoms with Crippen LogP contribution >= 0.6 is 0 Å². The average molecular weight is 246 g/mol. The van der Waals surface area contributed by atoms with Gasteiger partial charge >= 0.3 is 0 Å². The molecule has 1 aliphatic rings. The second kappa shape index (κ2) is 4.70. The smallest absolute Gasteiger partial charge is 0.0608 e. The number of benzene rings is 1. The van der Waals surface area contributed by atoms with Gasteiger partial charge in [-0.15, -0.1) is 0 Å². The zero-order chi connectivity index (χ0) is 13.5. The highest BCUT2D eigenvalue weighted by molar-refractivity contribution is 5.40. The SMILES string of the molecule is Cc1cc(C(C)(C)C)cc(C)c1CC(O)C1CC1. The van der Waals surface area contributed by atoms with Crippen LogP contribution in [-0.4, -0.2) is 11.2 Å². The topological polar surface area (TPSA) is 20.2 Å². The van der Waals surface area contributed by atoms with E-state index in [1.165, 1.54) is 35.1 Å². The molecule has 1 saturated carbocycles. The van der Waals surface area contributed by atoms with Crippen molar-refractivity contribution in [3.8, 4) is 0 Å². The molecular formula is C17H26O. The van der Waals surface area contributed by atoms with Crippen LogP contribution in [0.1, 0.15) is 55.9 Å². The lowest BCUT2D eigenvalue weighted by Gasteiger charge is -2.23. The van der Waals surface area contributed by atoms with Crippen LogP contribution in [0.25, 0.3) is 0 Å². The van der Waals surface area contributed by atoms with E-state index in [1.807, 2.05) is 0 Å². The minimum absolute atomic E-state index is 0.136. The summed E-state index contributed by atoms with van der Waals surface area (Å²) in [6, 6.07) is 4.59. The molecule has 2 rings (SSSR count). The molecule has 0 bridgehead atoms. The molecule has 18 heavy (non-hydrogen) atoms. The van der Waals surface area contributed by atoms with Crippen LogP contribution in [0.4, 0.5) is 0 Å². The van der Waals surface area contributed by atoms with Gasteiger partial charge in [-0.25, -0.2) is 0 Å². The van der Waals surface area contributed by atoms with Crippen molar-refractivity contribution in [2.75, 3.05) is 0 Å². The maximum absolute atomic E-state index is 10.1. The summed E-state index contributed by atoms with van der Waals surface area (Å²) in [6.07, 6.45) is 3.11. The van der Waals surface area contributed by atoms with E-state index in [0.29, 0.717) is 5.92 Å². The van der Waals surface area contributed by atoms with Gasteiger partial charge in [0.15, 0.2) is 0 Å². The number of aliphatic hydroxyl groups excluding tert-OH is 1. The van der Waals surface area contributed by atoms with Crippen LogP contribution in [0.15, 0.2) is 12.1 Å². The summed E-state index contributed by atoms with van der Waals surface area (Å²) < 4.78 is 0. The molecule has 1 nitrogen and oxygen atoms in total. The fraction of sp³-hybridized carbons (Fsp3) is 0.647. The van der Waals surface area contributed by atoms with Gasteiger partial charge in [-0.3, -0.25) is 0 Å². The molecule has 1 aromatic rings. The first kappa shape index (κ1) is 13.6. The van der Waals surface area contributed by atoms with Crippen LogP contribution in [0.3, 0.4) is 0 Å². The summed E-state index contributed by atoms with van der Waals surface area (Å²) in [7, 11) is 0. The van der Waals surface area contributed by atoms with Gasteiger partial charge in [-0.05, 0) is 66.7 Å². The highest BCUT2D eigenvalue weighted by atomic mass is 16.3. The van der Waals surface area contributed by atoms with E-state index in [-0.39, 0.29) is 11.5 Å². The molecule has 0 aliphatic heterocycles. The average Bonchev–Trinajstić information content (AvgIpc) is 3.04. The van der Waals surface area contributed by atoms with Crippen molar-refractivity contribution >= 4 is 0 Å². The molecule has 1 atom stereocenters. The molecule has 0 spiro atoms. The first-order chi connectivity index (χ1) is 8.29. The Morgan fingerprint density at radius 2 is 1.67 bits per heavy atom. The zero-order valence-electron chi connectivity index (χ0n) is 12.4. The third kappa shape index (κ3) is 2.95. The zero-order valence-corrected chi connectivity index (χ0v) is 12.4. The highest BCUT2D eigenvalue weighted by Gasteiger charge is 2.30. The van der Waals surface area contributed by atoms with Crippen molar-refractivity contribution in [2.45, 2.75) is 65.4 Å². The van der Waals surface area contributed by atoms with E-state index >= 15 is 0 Å². The number of aryl methyl sites for hydroxylation is 2. The lowest BCUT2D eigenvalue weighted by atomic mass is 9.83. The molecule has 100 valence electrons. The Hall–Kier alpha value is -0.820. The maximum Gasteiger partial charge on any atom is 0.0608 e. The molecule has 1 unspecified atom stereocenters. The molecule has 0 amide bonds. The lowest BCUT2D eigenvalue weighted by molar-refractivity contribution is 0.151. The van der Waals surface area contributed by atoms with Gasteiger partial charge in [0.25, 0.3) is 0 Å². The predicted molar refractivity (Wildman–Crippen MR) is 77.1 cm³/mol. The summed E-state index contributed by atoms with van der Waals surface area (Å²) in [6.45, 7) is 11.1. The Bertz CT molecular complexity index is 412. The first-order valence-electron chi connectivity index (χ1n) is 7.07. The fourth-order valence-corrected chi connectivity index (χ4v) is 2.61. The fourth-order valence-electron chi connectivity index (χ4n) is 2.61. The Balaban J connectivity index is 2.26. The van der Waals surface area contributed by atoms with Gasteiger partial charge in [0, 0.05) is 0 Å². The Labute approximate surface area is 111 Å². The molecule has 0 heterocycles. The third-order valence-electron chi connectivity index (χ3n) is 4.14. The van der Waals surface area contributed by atoms with Crippen LogP contribution in [0, 0.1) is 19.8 Å². The highest BCUT2D eigenvalue weighted by Crippen LogP contribution is 2.35. The largest absolute Gasteiger partial charge is 0.392 e. The van der Waals surface area contributed by atoms with E-state index in [2.05, 4.69) is 46.8 Å². The monoisotopic (exact) mass is 246 g/mol. The van der Waals surface area contributed by atoms with Crippen molar-refractivity contribution in [1.29, 1.82) is 0 Å². The maximum atomic E-state index is 10.1. The minimum atomic E-state index is -0.136. The standard InChI is InChI=1S/C17H26O/c1-11-8-14(17(3,4)5)9-12(2)15(11)10-16(18)13-6-7-13/h8-9,13,16,18H,6-7,10H2,1-5H3. The number of aliphatic hydroxyl groups is 1. The second-order valence-electron chi connectivity index (χ2n) is 6.95. The van der Waals surface area contributed by atoms with E-state index in [4.69, 9.17) is 0 Å². The second-order valence-corrected chi connectivity index (χ2v) is 6.95. The summed E-state index contributed by atoms with van der Waals surface area (Å²) in [5.74, 6) is 0.561. The lowest BCUT2D eigenvalue weighted by Crippen LogP contribution is -2.16. The minimum Gasteiger partial charge on any atom is -0.392 e. The third-order valence-corrected chi connectivity index (χ3v) is 4.14. The van der Waals surface area contributed by atoms with Crippen LogP contribution < -0.4 is 0 Å². The van der Waals surface area contributed by atoms with Crippen LogP contribution in [0.5, 0.6) is 0 Å². The molecule has 1 heteroatoms. The Kier molecular flexibility index (Phi) is 3.55. The van der Waals surface area contributed by atoms with Gasteiger partial charge < -0.3 is 5.11 Å². The van der Waals surface area contributed by atoms with Crippen molar-refractivity contribution < 1.29 is 5.11 Å². The van der Waals surface area contributed by atoms with Crippen molar-refractivity contribution in [1.82, 2.24) is 0 Å². The van der Waals surface area contributed by atoms with Crippen LogP contribution in [-0.2, 0) is 11.8 Å². The molecule has 0 saturated heterocycles. The summed E-state index contributed by atoms with van der Waals surface area (Å²) in [4.78, 5) is 0. The molecule has 1 aliphatic carbocycles. The van der Waals surface area contributed by atoms with Gasteiger partial charge in [0.05, 0.1) is 6.10 Å². The van der Waals surface area contributed by atoms with Gasteiger partial charge in [-0.2, -0.15) is 0 Å². The quantitative estimate of drug-likeness (QED) is 0.857. The number of hydrogen-bond acceptors (Lipinski definition) is 1. The van der Waals surface area contributed by atoms with E-state index in [0.717, 1.165) is 6.42 Å². The van der Waals surface area contributed by atoms with E-state index in [9.17, 15) is 5.11 Å². The van der Waals surface area contributed by atoms with Crippen molar-refractivity contribution in [3.63, 3.8) is 0 Å². The predicted octanol–water partition coefficient (Wildman–Crippen LogP) is 3.91. The van der Waals surface area contributed by atoms with Crippen molar-refractivity contribution in [3.05, 3.63) is 34.4 Å².